The third-order valence-corrected chi connectivity index (χ3v) is 5.53. The normalized spacial score (nSPS) is 22.1. The SMILES string of the molecule is O=C(C1CC(Cn2ccc3ccccc32)NN1)N1Cc2ccccc2C1. The van der Waals surface area contributed by atoms with E-state index in [1.54, 1.807) is 0 Å². The minimum atomic E-state index is -0.156. The minimum absolute atomic E-state index is 0.156. The van der Waals surface area contributed by atoms with Crippen LogP contribution in [0.3, 0.4) is 0 Å². The summed E-state index contributed by atoms with van der Waals surface area (Å²) < 4.78 is 2.26. The summed E-state index contributed by atoms with van der Waals surface area (Å²) in [6, 6.07) is 18.9. The number of carbonyl (C=O) groups is 1. The van der Waals surface area contributed by atoms with Crippen molar-refractivity contribution in [3.63, 3.8) is 0 Å². The molecule has 3 aromatic rings. The van der Waals surface area contributed by atoms with Crippen molar-refractivity contribution in [3.05, 3.63) is 71.9 Å². The molecule has 0 saturated carbocycles. The maximum atomic E-state index is 12.9. The number of nitrogens with zero attached hydrogens (tertiary/aromatic N) is 2. The van der Waals surface area contributed by atoms with Crippen LogP contribution in [0.5, 0.6) is 0 Å². The predicted octanol–water partition coefficient (Wildman–Crippen LogP) is 2.42. The Labute approximate surface area is 152 Å². The highest BCUT2D eigenvalue weighted by Gasteiger charge is 2.34. The van der Waals surface area contributed by atoms with Crippen molar-refractivity contribution in [2.24, 2.45) is 0 Å². The molecule has 0 radical (unpaired) electrons. The van der Waals surface area contributed by atoms with Crippen LogP contribution in [0, 0.1) is 0 Å². The lowest BCUT2D eigenvalue weighted by Gasteiger charge is -2.19. The third-order valence-electron chi connectivity index (χ3n) is 5.53. The Morgan fingerprint density at radius 3 is 2.50 bits per heavy atom. The summed E-state index contributed by atoms with van der Waals surface area (Å²) in [4.78, 5) is 14.8. The van der Waals surface area contributed by atoms with Gasteiger partial charge in [0.05, 0.1) is 0 Å². The van der Waals surface area contributed by atoms with Gasteiger partial charge < -0.3 is 9.47 Å². The maximum Gasteiger partial charge on any atom is 0.241 e. The largest absolute Gasteiger partial charge is 0.346 e. The molecule has 0 aliphatic carbocycles. The molecular weight excluding hydrogens is 324 g/mol. The smallest absolute Gasteiger partial charge is 0.241 e. The van der Waals surface area contributed by atoms with Crippen LogP contribution in [0.4, 0.5) is 0 Å². The average molecular weight is 346 g/mol. The van der Waals surface area contributed by atoms with Crippen molar-refractivity contribution in [3.8, 4) is 0 Å². The number of aromatic nitrogens is 1. The number of hydrogen-bond acceptors (Lipinski definition) is 3. The van der Waals surface area contributed by atoms with E-state index in [9.17, 15) is 4.79 Å². The van der Waals surface area contributed by atoms with E-state index in [0.29, 0.717) is 0 Å². The molecule has 2 atom stereocenters. The second-order valence-electron chi connectivity index (χ2n) is 7.26. The van der Waals surface area contributed by atoms with Crippen molar-refractivity contribution in [1.82, 2.24) is 20.3 Å². The fourth-order valence-electron chi connectivity index (χ4n) is 4.15. The van der Waals surface area contributed by atoms with E-state index in [1.165, 1.54) is 22.0 Å². The van der Waals surface area contributed by atoms with Crippen LogP contribution in [-0.2, 0) is 24.4 Å². The zero-order valence-electron chi connectivity index (χ0n) is 14.6. The Kier molecular flexibility index (Phi) is 3.76. The van der Waals surface area contributed by atoms with Crippen LogP contribution in [0.1, 0.15) is 17.5 Å². The number of carbonyl (C=O) groups excluding carboxylic acids is 1. The molecule has 5 rings (SSSR count). The number of hydrazine groups is 1. The van der Waals surface area contributed by atoms with Crippen molar-refractivity contribution < 1.29 is 4.79 Å². The standard InChI is InChI=1S/C21H22N4O/c26-21(25-12-16-6-1-2-7-17(16)13-25)19-11-18(22-23-19)14-24-10-9-15-5-3-4-8-20(15)24/h1-10,18-19,22-23H,11-14H2. The minimum Gasteiger partial charge on any atom is -0.346 e. The van der Waals surface area contributed by atoms with Gasteiger partial charge in [-0.15, -0.1) is 0 Å². The van der Waals surface area contributed by atoms with Crippen LogP contribution in [0.25, 0.3) is 10.9 Å². The first-order valence-corrected chi connectivity index (χ1v) is 9.18. The summed E-state index contributed by atoms with van der Waals surface area (Å²) in [5.74, 6) is 0.188. The van der Waals surface area contributed by atoms with Gasteiger partial charge in [0.15, 0.2) is 0 Å². The van der Waals surface area contributed by atoms with Crippen LogP contribution < -0.4 is 10.9 Å². The molecule has 132 valence electrons. The second kappa shape index (κ2) is 6.27. The molecule has 5 nitrogen and oxygen atoms in total. The molecule has 2 N–H and O–H groups in total. The number of rotatable bonds is 3. The van der Waals surface area contributed by atoms with Crippen LogP contribution in [0.2, 0.25) is 0 Å². The first-order valence-electron chi connectivity index (χ1n) is 9.18. The highest BCUT2D eigenvalue weighted by atomic mass is 16.2. The highest BCUT2D eigenvalue weighted by molar-refractivity contribution is 5.83. The van der Waals surface area contributed by atoms with Crippen molar-refractivity contribution >= 4 is 16.8 Å². The molecule has 5 heteroatoms. The zero-order valence-corrected chi connectivity index (χ0v) is 14.6. The van der Waals surface area contributed by atoms with Gasteiger partial charge in [-0.3, -0.25) is 10.2 Å². The van der Waals surface area contributed by atoms with Crippen molar-refractivity contribution in [1.29, 1.82) is 0 Å². The first-order chi connectivity index (χ1) is 12.8. The molecule has 1 amide bonds. The molecule has 2 unspecified atom stereocenters. The van der Waals surface area contributed by atoms with Crippen LogP contribution in [-0.4, -0.2) is 27.5 Å². The Balaban J connectivity index is 1.24. The lowest BCUT2D eigenvalue weighted by Crippen LogP contribution is -2.43. The number of hydrogen-bond donors (Lipinski definition) is 2. The lowest BCUT2D eigenvalue weighted by molar-refractivity contribution is -0.133. The number of para-hydroxylation sites is 1. The Morgan fingerprint density at radius 2 is 1.69 bits per heavy atom. The van der Waals surface area contributed by atoms with Gasteiger partial charge in [-0.05, 0) is 35.1 Å². The fourth-order valence-corrected chi connectivity index (χ4v) is 4.15. The first kappa shape index (κ1) is 15.6. The molecule has 1 aromatic heterocycles. The van der Waals surface area contributed by atoms with Gasteiger partial charge in [-0.2, -0.15) is 0 Å². The van der Waals surface area contributed by atoms with Gasteiger partial charge in [0.25, 0.3) is 0 Å². The van der Waals surface area contributed by atoms with Crippen molar-refractivity contribution in [2.75, 3.05) is 0 Å². The topological polar surface area (TPSA) is 49.3 Å². The van der Waals surface area contributed by atoms with Gasteiger partial charge in [-0.1, -0.05) is 42.5 Å². The Hall–Kier alpha value is -2.63. The molecule has 26 heavy (non-hydrogen) atoms. The molecule has 0 spiro atoms. The molecule has 2 aliphatic rings. The van der Waals surface area contributed by atoms with E-state index in [2.05, 4.69) is 64.1 Å². The molecule has 1 saturated heterocycles. The van der Waals surface area contributed by atoms with Crippen molar-refractivity contribution in [2.45, 2.75) is 38.1 Å². The zero-order chi connectivity index (χ0) is 17.5. The lowest BCUT2D eigenvalue weighted by atomic mass is 10.1. The van der Waals surface area contributed by atoms with Gasteiger partial charge in [0.1, 0.15) is 6.04 Å². The van der Waals surface area contributed by atoms with E-state index < -0.39 is 0 Å². The summed E-state index contributed by atoms with van der Waals surface area (Å²) in [5.41, 5.74) is 10.3. The monoisotopic (exact) mass is 346 g/mol. The summed E-state index contributed by atoms with van der Waals surface area (Å²) in [6.07, 6.45) is 2.93. The number of benzene rings is 2. The van der Waals surface area contributed by atoms with E-state index in [1.807, 2.05) is 17.0 Å². The third kappa shape index (κ3) is 2.69. The average Bonchev–Trinajstić information content (AvgIpc) is 3.40. The second-order valence-corrected chi connectivity index (χ2v) is 7.26. The summed E-state index contributed by atoms with van der Waals surface area (Å²) in [5, 5.41) is 1.25. The summed E-state index contributed by atoms with van der Waals surface area (Å²) in [6.45, 7) is 2.30. The van der Waals surface area contributed by atoms with E-state index >= 15 is 0 Å². The molecule has 2 aromatic carbocycles. The van der Waals surface area contributed by atoms with E-state index in [-0.39, 0.29) is 18.0 Å². The molecule has 2 aliphatic heterocycles. The fraction of sp³-hybridized carbons (Fsp3) is 0.286. The van der Waals surface area contributed by atoms with E-state index in [4.69, 9.17) is 0 Å². The van der Waals surface area contributed by atoms with Gasteiger partial charge >= 0.3 is 0 Å². The summed E-state index contributed by atoms with van der Waals surface area (Å²) in [7, 11) is 0. The van der Waals surface area contributed by atoms with Gasteiger partial charge in [0, 0.05) is 37.4 Å². The summed E-state index contributed by atoms with van der Waals surface area (Å²) >= 11 is 0. The number of fused-ring (bicyclic) bond motifs is 2. The number of amides is 1. The highest BCUT2D eigenvalue weighted by Crippen LogP contribution is 2.24. The molecule has 0 bridgehead atoms. The quantitative estimate of drug-likeness (QED) is 0.766. The van der Waals surface area contributed by atoms with Gasteiger partial charge in [-0.25, -0.2) is 5.43 Å². The Bertz CT molecular complexity index is 938. The maximum absolute atomic E-state index is 12.9. The van der Waals surface area contributed by atoms with Crippen LogP contribution >= 0.6 is 0 Å². The molecular formula is C21H22N4O. The van der Waals surface area contributed by atoms with E-state index in [0.717, 1.165) is 26.1 Å². The van der Waals surface area contributed by atoms with Crippen LogP contribution in [0.15, 0.2) is 60.8 Å². The molecule has 3 heterocycles. The van der Waals surface area contributed by atoms with Gasteiger partial charge in [0.2, 0.25) is 5.91 Å². The number of nitrogens with one attached hydrogen (secondary N) is 2. The predicted molar refractivity (Wildman–Crippen MR) is 101 cm³/mol. The Morgan fingerprint density at radius 1 is 0.962 bits per heavy atom. The molecule has 1 fully saturated rings.